The first kappa shape index (κ1) is 11.6. The number of thiophene rings is 1. The van der Waals surface area contributed by atoms with Gasteiger partial charge in [0.15, 0.2) is 0 Å². The Bertz CT molecular complexity index is 379. The lowest BCUT2D eigenvalue weighted by molar-refractivity contribution is 0.0657. The van der Waals surface area contributed by atoms with Crippen LogP contribution in [0.15, 0.2) is 6.07 Å². The number of nitrogens with zero attached hydrogens (tertiary/aromatic N) is 1. The fourth-order valence-corrected chi connectivity index (χ4v) is 3.31. The average Bonchev–Trinajstić information content (AvgIpc) is 2.59. The maximum atomic E-state index is 12.0. The Morgan fingerprint density at radius 1 is 1.44 bits per heavy atom. The molecular formula is C13H19NOS. The number of carbonyl (C=O) groups is 1. The van der Waals surface area contributed by atoms with E-state index < -0.39 is 0 Å². The Kier molecular flexibility index (Phi) is 3.64. The molecule has 2 nitrogen and oxygen atoms in total. The van der Waals surface area contributed by atoms with Gasteiger partial charge in [0.1, 0.15) is 0 Å². The smallest absolute Gasteiger partial charge is 0.263 e. The highest BCUT2D eigenvalue weighted by Crippen LogP contribution is 2.26. The van der Waals surface area contributed by atoms with E-state index in [4.69, 9.17) is 0 Å². The van der Waals surface area contributed by atoms with E-state index in [1.54, 1.807) is 11.3 Å². The highest BCUT2D eigenvalue weighted by molar-refractivity contribution is 7.14. The van der Waals surface area contributed by atoms with Crippen molar-refractivity contribution in [2.75, 3.05) is 13.1 Å². The number of hydrogen-bond acceptors (Lipinski definition) is 2. The minimum atomic E-state index is 0.244. The molecular weight excluding hydrogens is 218 g/mol. The molecule has 0 atom stereocenters. The number of hydrogen-bond donors (Lipinski definition) is 0. The third-order valence-corrected chi connectivity index (χ3v) is 4.33. The topological polar surface area (TPSA) is 20.3 Å². The maximum Gasteiger partial charge on any atom is 0.263 e. The van der Waals surface area contributed by atoms with E-state index in [1.165, 1.54) is 16.9 Å². The van der Waals surface area contributed by atoms with Crippen LogP contribution in [0.25, 0.3) is 0 Å². The zero-order chi connectivity index (χ0) is 11.5. The molecule has 1 saturated heterocycles. The lowest BCUT2D eigenvalue weighted by Crippen LogP contribution is -2.41. The van der Waals surface area contributed by atoms with Crippen LogP contribution in [0.3, 0.4) is 0 Å². The zero-order valence-electron chi connectivity index (χ0n) is 10.1. The second-order valence-electron chi connectivity index (χ2n) is 4.31. The third kappa shape index (κ3) is 2.14. The predicted molar refractivity (Wildman–Crippen MR) is 68.2 cm³/mol. The fraction of sp³-hybridized carbons (Fsp3) is 0.615. The normalized spacial score (nSPS) is 15.0. The summed E-state index contributed by atoms with van der Waals surface area (Å²) in [6, 6.07) is 2.11. The molecule has 1 aromatic heterocycles. The van der Waals surface area contributed by atoms with Crippen molar-refractivity contribution in [1.82, 2.24) is 4.90 Å². The molecule has 0 aliphatic carbocycles. The van der Waals surface area contributed by atoms with Crippen LogP contribution in [-0.4, -0.2) is 23.9 Å². The van der Waals surface area contributed by atoms with E-state index in [0.717, 1.165) is 37.2 Å². The van der Waals surface area contributed by atoms with Crippen LogP contribution < -0.4 is 0 Å². The summed E-state index contributed by atoms with van der Waals surface area (Å²) in [6.07, 6.45) is 4.48. The fourth-order valence-electron chi connectivity index (χ4n) is 1.98. The summed E-state index contributed by atoms with van der Waals surface area (Å²) in [4.78, 5) is 16.3. The first-order valence-corrected chi connectivity index (χ1v) is 6.98. The molecule has 2 rings (SSSR count). The Balaban J connectivity index is 2.17. The summed E-state index contributed by atoms with van der Waals surface area (Å²) in [5.41, 5.74) is 1.37. The van der Waals surface area contributed by atoms with Crippen molar-refractivity contribution >= 4 is 17.2 Å². The molecule has 0 N–H and O–H groups in total. The monoisotopic (exact) mass is 237 g/mol. The minimum absolute atomic E-state index is 0.244. The Morgan fingerprint density at radius 3 is 2.69 bits per heavy atom. The second-order valence-corrected chi connectivity index (χ2v) is 5.45. The van der Waals surface area contributed by atoms with Crippen LogP contribution in [0.2, 0.25) is 0 Å². The van der Waals surface area contributed by atoms with Crippen LogP contribution in [0.4, 0.5) is 0 Å². The predicted octanol–water partition coefficient (Wildman–Crippen LogP) is 3.11. The van der Waals surface area contributed by atoms with E-state index >= 15 is 0 Å². The van der Waals surface area contributed by atoms with Gasteiger partial charge in [0, 0.05) is 18.0 Å². The van der Waals surface area contributed by atoms with Crippen LogP contribution in [-0.2, 0) is 12.8 Å². The molecule has 1 aliphatic rings. The molecule has 1 fully saturated rings. The van der Waals surface area contributed by atoms with Gasteiger partial charge in [-0.15, -0.1) is 11.3 Å². The highest BCUT2D eigenvalue weighted by Gasteiger charge is 2.23. The molecule has 0 bridgehead atoms. The molecule has 88 valence electrons. The van der Waals surface area contributed by atoms with Gasteiger partial charge in [-0.05, 0) is 30.9 Å². The molecule has 1 amide bonds. The molecule has 0 aromatic carbocycles. The van der Waals surface area contributed by atoms with Crippen LogP contribution in [0.5, 0.6) is 0 Å². The van der Waals surface area contributed by atoms with Gasteiger partial charge in [0.25, 0.3) is 5.91 Å². The average molecular weight is 237 g/mol. The van der Waals surface area contributed by atoms with Crippen LogP contribution in [0.1, 0.15) is 46.8 Å². The zero-order valence-corrected chi connectivity index (χ0v) is 10.9. The minimum Gasteiger partial charge on any atom is -0.338 e. The lowest BCUT2D eigenvalue weighted by atomic mass is 10.1. The molecule has 0 radical (unpaired) electrons. The van der Waals surface area contributed by atoms with E-state index in [2.05, 4.69) is 19.9 Å². The van der Waals surface area contributed by atoms with Crippen molar-refractivity contribution in [3.05, 3.63) is 21.4 Å². The molecule has 3 heteroatoms. The van der Waals surface area contributed by atoms with Gasteiger partial charge in [-0.1, -0.05) is 20.3 Å². The number of amides is 1. The molecule has 2 heterocycles. The Morgan fingerprint density at radius 2 is 2.19 bits per heavy atom. The van der Waals surface area contributed by atoms with Gasteiger partial charge in [-0.25, -0.2) is 0 Å². The van der Waals surface area contributed by atoms with Gasteiger partial charge in [-0.2, -0.15) is 0 Å². The number of rotatable bonds is 4. The van der Waals surface area contributed by atoms with Crippen LogP contribution >= 0.6 is 11.3 Å². The summed E-state index contributed by atoms with van der Waals surface area (Å²) < 4.78 is 0. The number of likely N-dealkylation sites (tertiary alicyclic amines) is 1. The molecule has 0 spiro atoms. The Labute approximate surface area is 101 Å². The first-order chi connectivity index (χ1) is 7.76. The molecule has 0 unspecified atom stereocenters. The van der Waals surface area contributed by atoms with Crippen molar-refractivity contribution in [2.45, 2.75) is 39.5 Å². The van der Waals surface area contributed by atoms with E-state index in [1.807, 2.05) is 4.90 Å². The highest BCUT2D eigenvalue weighted by atomic mass is 32.1. The quantitative estimate of drug-likeness (QED) is 0.788. The molecule has 1 aliphatic heterocycles. The second kappa shape index (κ2) is 5.00. The van der Waals surface area contributed by atoms with Gasteiger partial charge in [-0.3, -0.25) is 4.79 Å². The SMILES string of the molecule is CCCc1sc(C(=O)N2CCC2)cc1CC. The van der Waals surface area contributed by atoms with Gasteiger partial charge < -0.3 is 4.90 Å². The van der Waals surface area contributed by atoms with E-state index in [9.17, 15) is 4.79 Å². The van der Waals surface area contributed by atoms with Crippen molar-refractivity contribution < 1.29 is 4.79 Å². The van der Waals surface area contributed by atoms with Crippen molar-refractivity contribution in [1.29, 1.82) is 0 Å². The van der Waals surface area contributed by atoms with Crippen molar-refractivity contribution in [3.8, 4) is 0 Å². The molecule has 0 saturated carbocycles. The summed E-state index contributed by atoms with van der Waals surface area (Å²) in [6.45, 7) is 6.25. The van der Waals surface area contributed by atoms with Gasteiger partial charge >= 0.3 is 0 Å². The van der Waals surface area contributed by atoms with E-state index in [0.29, 0.717) is 0 Å². The van der Waals surface area contributed by atoms with E-state index in [-0.39, 0.29) is 5.91 Å². The summed E-state index contributed by atoms with van der Waals surface area (Å²) in [7, 11) is 0. The summed E-state index contributed by atoms with van der Waals surface area (Å²) in [5.74, 6) is 0.244. The molecule has 16 heavy (non-hydrogen) atoms. The maximum absolute atomic E-state index is 12.0. The molecule has 1 aromatic rings. The summed E-state index contributed by atoms with van der Waals surface area (Å²) in [5, 5.41) is 0. The van der Waals surface area contributed by atoms with Crippen LogP contribution in [0, 0.1) is 0 Å². The first-order valence-electron chi connectivity index (χ1n) is 6.17. The number of aryl methyl sites for hydroxylation is 2. The largest absolute Gasteiger partial charge is 0.338 e. The van der Waals surface area contributed by atoms with Gasteiger partial charge in [0.2, 0.25) is 0 Å². The standard InChI is InChI=1S/C13H19NOS/c1-3-6-11-10(4-2)9-12(16-11)13(15)14-7-5-8-14/h9H,3-8H2,1-2H3. The Hall–Kier alpha value is -0.830. The van der Waals surface area contributed by atoms with Gasteiger partial charge in [0.05, 0.1) is 4.88 Å². The van der Waals surface area contributed by atoms with Crippen molar-refractivity contribution in [3.63, 3.8) is 0 Å². The summed E-state index contributed by atoms with van der Waals surface area (Å²) >= 11 is 1.70. The third-order valence-electron chi connectivity index (χ3n) is 3.11. The lowest BCUT2D eigenvalue weighted by Gasteiger charge is -2.30. The van der Waals surface area contributed by atoms with Crippen molar-refractivity contribution in [2.24, 2.45) is 0 Å². The number of carbonyl (C=O) groups excluding carboxylic acids is 1.